The van der Waals surface area contributed by atoms with E-state index in [1.807, 2.05) is 13.8 Å². The zero-order chi connectivity index (χ0) is 15.1. The van der Waals surface area contributed by atoms with Crippen molar-refractivity contribution < 1.29 is 14.1 Å². The Morgan fingerprint density at radius 1 is 1.29 bits per heavy atom. The maximum atomic E-state index is 11.7. The number of pyridine rings is 1. The largest absolute Gasteiger partial charge is 0.362 e. The third-order valence-corrected chi connectivity index (χ3v) is 2.97. The summed E-state index contributed by atoms with van der Waals surface area (Å²) in [4.78, 5) is 21.6. The third-order valence-electron chi connectivity index (χ3n) is 2.97. The van der Waals surface area contributed by atoms with Crippen LogP contribution in [0.5, 0.6) is 0 Å². The standard InChI is InChI=1S/C14H18N4O3/c1-3-18(4-2)13(19)10-20-9-12-16-14(17-21-12)11-5-7-15-8-6-11/h5-8H,3-4,9-10H2,1-2H3. The molecule has 0 aliphatic heterocycles. The number of carbonyl (C=O) groups is 1. The molecule has 0 bridgehead atoms. The van der Waals surface area contributed by atoms with Crippen LogP contribution in [-0.2, 0) is 16.1 Å². The molecule has 2 aromatic heterocycles. The number of ether oxygens (including phenoxy) is 1. The predicted octanol–water partition coefficient (Wildman–Crippen LogP) is 1.52. The van der Waals surface area contributed by atoms with E-state index in [-0.39, 0.29) is 19.1 Å². The smallest absolute Gasteiger partial charge is 0.252 e. The van der Waals surface area contributed by atoms with Crippen LogP contribution in [-0.4, -0.2) is 45.6 Å². The van der Waals surface area contributed by atoms with Crippen LogP contribution in [0, 0.1) is 0 Å². The molecular weight excluding hydrogens is 272 g/mol. The van der Waals surface area contributed by atoms with E-state index in [0.29, 0.717) is 24.8 Å². The lowest BCUT2D eigenvalue weighted by atomic mass is 10.2. The van der Waals surface area contributed by atoms with Gasteiger partial charge in [-0.15, -0.1) is 0 Å². The SMILES string of the molecule is CCN(CC)C(=O)COCc1nc(-c2ccncc2)no1. The minimum Gasteiger partial charge on any atom is -0.362 e. The van der Waals surface area contributed by atoms with Crippen LogP contribution in [0.4, 0.5) is 0 Å². The van der Waals surface area contributed by atoms with Gasteiger partial charge in [0, 0.05) is 31.0 Å². The van der Waals surface area contributed by atoms with Gasteiger partial charge in [0.25, 0.3) is 5.89 Å². The molecule has 0 unspecified atom stereocenters. The number of hydrogen-bond acceptors (Lipinski definition) is 6. The average Bonchev–Trinajstić information content (AvgIpc) is 2.98. The summed E-state index contributed by atoms with van der Waals surface area (Å²) >= 11 is 0. The minimum atomic E-state index is -0.0473. The molecule has 0 N–H and O–H groups in total. The maximum Gasteiger partial charge on any atom is 0.252 e. The van der Waals surface area contributed by atoms with Crippen molar-refractivity contribution in [3.8, 4) is 11.4 Å². The van der Waals surface area contributed by atoms with E-state index in [2.05, 4.69) is 15.1 Å². The van der Waals surface area contributed by atoms with Crippen molar-refractivity contribution in [2.45, 2.75) is 20.5 Å². The summed E-state index contributed by atoms with van der Waals surface area (Å²) in [5.74, 6) is 0.772. The number of amides is 1. The fourth-order valence-electron chi connectivity index (χ4n) is 1.82. The number of aromatic nitrogens is 3. The molecule has 7 nitrogen and oxygen atoms in total. The fourth-order valence-corrected chi connectivity index (χ4v) is 1.82. The molecule has 21 heavy (non-hydrogen) atoms. The summed E-state index contributed by atoms with van der Waals surface area (Å²) in [6.45, 7) is 5.33. The number of likely N-dealkylation sites (N-methyl/N-ethyl adjacent to an activating group) is 1. The quantitative estimate of drug-likeness (QED) is 0.769. The highest BCUT2D eigenvalue weighted by Gasteiger charge is 2.12. The maximum absolute atomic E-state index is 11.7. The zero-order valence-electron chi connectivity index (χ0n) is 12.2. The summed E-state index contributed by atoms with van der Waals surface area (Å²) in [7, 11) is 0. The van der Waals surface area contributed by atoms with Crippen LogP contribution in [0.1, 0.15) is 19.7 Å². The molecule has 112 valence electrons. The highest BCUT2D eigenvalue weighted by Crippen LogP contribution is 2.14. The fraction of sp³-hybridized carbons (Fsp3) is 0.429. The van der Waals surface area contributed by atoms with Crippen molar-refractivity contribution in [1.82, 2.24) is 20.0 Å². The topological polar surface area (TPSA) is 81.4 Å². The Balaban J connectivity index is 1.85. The first-order chi connectivity index (χ1) is 10.2. The van der Waals surface area contributed by atoms with Crippen molar-refractivity contribution in [3.63, 3.8) is 0 Å². The summed E-state index contributed by atoms with van der Waals surface area (Å²) < 4.78 is 10.4. The van der Waals surface area contributed by atoms with Gasteiger partial charge in [-0.05, 0) is 26.0 Å². The van der Waals surface area contributed by atoms with E-state index in [4.69, 9.17) is 9.26 Å². The van der Waals surface area contributed by atoms with Gasteiger partial charge in [0.05, 0.1) is 0 Å². The molecule has 0 aromatic carbocycles. The third kappa shape index (κ3) is 4.09. The first kappa shape index (κ1) is 15.1. The monoisotopic (exact) mass is 290 g/mol. The first-order valence-corrected chi connectivity index (χ1v) is 6.83. The van der Waals surface area contributed by atoms with E-state index < -0.39 is 0 Å². The molecule has 2 aromatic rings. The second-order valence-electron chi connectivity index (χ2n) is 4.31. The first-order valence-electron chi connectivity index (χ1n) is 6.83. The van der Waals surface area contributed by atoms with Gasteiger partial charge in [0.1, 0.15) is 13.2 Å². The van der Waals surface area contributed by atoms with Gasteiger partial charge in [0.15, 0.2) is 0 Å². The van der Waals surface area contributed by atoms with Crippen LogP contribution in [0.15, 0.2) is 29.0 Å². The summed E-state index contributed by atoms with van der Waals surface area (Å²) in [5, 5.41) is 3.86. The Morgan fingerprint density at radius 3 is 2.67 bits per heavy atom. The lowest BCUT2D eigenvalue weighted by molar-refractivity contribution is -0.136. The van der Waals surface area contributed by atoms with Gasteiger partial charge in [0.2, 0.25) is 11.7 Å². The lowest BCUT2D eigenvalue weighted by Crippen LogP contribution is -2.33. The van der Waals surface area contributed by atoms with Crippen molar-refractivity contribution in [3.05, 3.63) is 30.4 Å². The second kappa shape index (κ2) is 7.49. The highest BCUT2D eigenvalue weighted by molar-refractivity contribution is 5.77. The molecule has 0 saturated carbocycles. The molecule has 0 saturated heterocycles. The number of carbonyl (C=O) groups excluding carboxylic acids is 1. The Labute approximate surface area is 122 Å². The van der Waals surface area contributed by atoms with Crippen LogP contribution in [0.3, 0.4) is 0 Å². The van der Waals surface area contributed by atoms with Gasteiger partial charge in [-0.1, -0.05) is 5.16 Å². The van der Waals surface area contributed by atoms with Gasteiger partial charge >= 0.3 is 0 Å². The molecule has 0 atom stereocenters. The van der Waals surface area contributed by atoms with Gasteiger partial charge < -0.3 is 14.2 Å². The van der Waals surface area contributed by atoms with Crippen LogP contribution in [0.25, 0.3) is 11.4 Å². The van der Waals surface area contributed by atoms with Gasteiger partial charge in [-0.2, -0.15) is 4.98 Å². The molecule has 0 spiro atoms. The van der Waals surface area contributed by atoms with Crippen molar-refractivity contribution in [1.29, 1.82) is 0 Å². The Kier molecular flexibility index (Phi) is 5.39. The van der Waals surface area contributed by atoms with Crippen molar-refractivity contribution >= 4 is 5.91 Å². The normalized spacial score (nSPS) is 10.6. The summed E-state index contributed by atoms with van der Waals surface area (Å²) in [6, 6.07) is 3.58. The predicted molar refractivity (Wildman–Crippen MR) is 75.1 cm³/mol. The number of nitrogens with zero attached hydrogens (tertiary/aromatic N) is 4. The minimum absolute atomic E-state index is 0.00858. The van der Waals surface area contributed by atoms with Crippen LogP contribution in [0.2, 0.25) is 0 Å². The molecule has 0 fully saturated rings. The second-order valence-corrected chi connectivity index (χ2v) is 4.31. The molecule has 0 aliphatic rings. The highest BCUT2D eigenvalue weighted by atomic mass is 16.5. The van der Waals surface area contributed by atoms with Crippen molar-refractivity contribution in [2.75, 3.05) is 19.7 Å². The molecule has 0 radical (unpaired) electrons. The van der Waals surface area contributed by atoms with E-state index in [1.165, 1.54) is 0 Å². The van der Waals surface area contributed by atoms with Crippen LogP contribution >= 0.6 is 0 Å². The Morgan fingerprint density at radius 2 is 2.00 bits per heavy atom. The molecule has 0 aliphatic carbocycles. The molecule has 2 heterocycles. The lowest BCUT2D eigenvalue weighted by Gasteiger charge is -2.17. The summed E-state index contributed by atoms with van der Waals surface area (Å²) in [6.07, 6.45) is 3.31. The average molecular weight is 290 g/mol. The van der Waals surface area contributed by atoms with E-state index in [1.54, 1.807) is 29.4 Å². The zero-order valence-corrected chi connectivity index (χ0v) is 12.2. The van der Waals surface area contributed by atoms with Crippen molar-refractivity contribution in [2.24, 2.45) is 0 Å². The molecule has 7 heteroatoms. The van der Waals surface area contributed by atoms with Gasteiger partial charge in [-0.3, -0.25) is 9.78 Å². The Hall–Kier alpha value is -2.28. The van der Waals surface area contributed by atoms with E-state index in [0.717, 1.165) is 5.56 Å². The molecule has 2 rings (SSSR count). The van der Waals surface area contributed by atoms with E-state index in [9.17, 15) is 4.79 Å². The number of rotatable bonds is 7. The van der Waals surface area contributed by atoms with Gasteiger partial charge in [-0.25, -0.2) is 0 Å². The molecular formula is C14H18N4O3. The number of hydrogen-bond donors (Lipinski definition) is 0. The Bertz CT molecular complexity index is 567. The van der Waals surface area contributed by atoms with E-state index >= 15 is 0 Å². The molecule has 1 amide bonds. The summed E-state index contributed by atoms with van der Waals surface area (Å²) in [5.41, 5.74) is 0.819. The van der Waals surface area contributed by atoms with Crippen LogP contribution < -0.4 is 0 Å².